The van der Waals surface area contributed by atoms with Crippen molar-refractivity contribution in [3.63, 3.8) is 0 Å². The van der Waals surface area contributed by atoms with Crippen molar-refractivity contribution in [2.45, 2.75) is 35.1 Å². The van der Waals surface area contributed by atoms with E-state index in [0.717, 1.165) is 0 Å². The van der Waals surface area contributed by atoms with Crippen LogP contribution in [0.2, 0.25) is 0 Å². The van der Waals surface area contributed by atoms with Crippen LogP contribution in [-0.4, -0.2) is 0 Å². The van der Waals surface area contributed by atoms with Gasteiger partial charge in [0.25, 0.3) is 0 Å². The van der Waals surface area contributed by atoms with Gasteiger partial charge in [-0.3, -0.25) is 0 Å². The maximum Gasteiger partial charge on any atom is -0.0231 e. The lowest BCUT2D eigenvalue weighted by atomic mass is 10.1. The minimum absolute atomic E-state index is 0. The molecule has 0 nitrogen and oxygen atoms in total. The van der Waals surface area contributed by atoms with Crippen LogP contribution < -0.4 is 0 Å². The van der Waals surface area contributed by atoms with Crippen LogP contribution in [0.3, 0.4) is 0 Å². The molecule has 0 aliphatic carbocycles. The van der Waals surface area contributed by atoms with E-state index >= 15 is 0 Å². The van der Waals surface area contributed by atoms with Gasteiger partial charge in [-0.1, -0.05) is 57.7 Å². The van der Waals surface area contributed by atoms with E-state index in [1.54, 1.807) is 0 Å². The molecule has 0 saturated carbocycles. The summed E-state index contributed by atoms with van der Waals surface area (Å²) >= 11 is 0. The van der Waals surface area contributed by atoms with Gasteiger partial charge in [-0.2, -0.15) is 0 Å². The maximum absolute atomic E-state index is 2.12. The molecule has 0 aliphatic heterocycles. The molecule has 0 atom stereocenters. The van der Waals surface area contributed by atoms with E-state index in [4.69, 9.17) is 0 Å². The van der Waals surface area contributed by atoms with Gasteiger partial charge in [0.05, 0.1) is 0 Å². The smallest absolute Gasteiger partial charge is 0.0231 e. The summed E-state index contributed by atoms with van der Waals surface area (Å²) in [6, 6.07) is 10.4. The molecule has 1 aromatic rings. The molecule has 0 spiro atoms. The summed E-state index contributed by atoms with van der Waals surface area (Å²) in [6.45, 7) is 8.18. The van der Waals surface area contributed by atoms with Crippen LogP contribution in [0.1, 0.15) is 40.7 Å². The third-order valence-corrected chi connectivity index (χ3v) is 1.66. The second kappa shape index (κ2) is 9.05. The summed E-state index contributed by atoms with van der Waals surface area (Å²) in [6.07, 6.45) is 2.12. The number of rotatable bonds is 1. The molecule has 0 fully saturated rings. The van der Waals surface area contributed by atoms with E-state index in [9.17, 15) is 0 Å². The van der Waals surface area contributed by atoms with Gasteiger partial charge in [0.15, 0.2) is 0 Å². The Morgan fingerprint density at radius 1 is 1.08 bits per heavy atom. The van der Waals surface area contributed by atoms with E-state index in [1.807, 2.05) is 19.9 Å². The molecule has 0 heteroatoms. The molecule has 1 aromatic carbocycles. The zero-order chi connectivity index (χ0) is 9.40. The van der Waals surface area contributed by atoms with E-state index < -0.39 is 0 Å². The van der Waals surface area contributed by atoms with Crippen molar-refractivity contribution in [1.82, 2.24) is 0 Å². The molecule has 0 aromatic heterocycles. The average molecular weight is 178 g/mol. The number of benzene rings is 1. The highest BCUT2D eigenvalue weighted by Gasteiger charge is 1.88. The fourth-order valence-electron chi connectivity index (χ4n) is 0.868. The average Bonchev–Trinajstić information content (AvgIpc) is 2.21. The van der Waals surface area contributed by atoms with Crippen LogP contribution in [0.4, 0.5) is 0 Å². The Morgan fingerprint density at radius 3 is 1.92 bits per heavy atom. The predicted molar refractivity (Wildman–Crippen MR) is 63.8 cm³/mol. The molecular weight excluding hydrogens is 156 g/mol. The maximum atomic E-state index is 2.12. The minimum atomic E-state index is 0. The third kappa shape index (κ3) is 5.24. The van der Waals surface area contributed by atoms with Gasteiger partial charge >= 0.3 is 0 Å². The topological polar surface area (TPSA) is 0 Å². The molecule has 0 saturated heterocycles. The highest BCUT2D eigenvalue weighted by molar-refractivity contribution is 5.62. The number of allylic oxidation sites excluding steroid dienone is 2. The summed E-state index contributed by atoms with van der Waals surface area (Å²) < 4.78 is 0. The quantitative estimate of drug-likeness (QED) is 0.581. The van der Waals surface area contributed by atoms with Crippen molar-refractivity contribution >= 4 is 5.57 Å². The van der Waals surface area contributed by atoms with Gasteiger partial charge < -0.3 is 0 Å². The van der Waals surface area contributed by atoms with Crippen LogP contribution in [-0.2, 0) is 0 Å². The second-order valence-electron chi connectivity index (χ2n) is 2.34. The normalized spacial score (nSPS) is 9.38. The van der Waals surface area contributed by atoms with Crippen molar-refractivity contribution < 1.29 is 0 Å². The van der Waals surface area contributed by atoms with Crippen LogP contribution in [0.15, 0.2) is 36.4 Å². The van der Waals surface area contributed by atoms with Crippen LogP contribution >= 0.6 is 0 Å². The van der Waals surface area contributed by atoms with Crippen molar-refractivity contribution in [3.05, 3.63) is 42.0 Å². The van der Waals surface area contributed by atoms with Gasteiger partial charge in [0, 0.05) is 0 Å². The van der Waals surface area contributed by atoms with Gasteiger partial charge in [-0.25, -0.2) is 0 Å². The lowest BCUT2D eigenvalue weighted by Gasteiger charge is -1.97. The third-order valence-electron chi connectivity index (χ3n) is 1.66. The first-order valence-corrected chi connectivity index (χ1v) is 4.53. The number of hydrogen-bond donors (Lipinski definition) is 0. The van der Waals surface area contributed by atoms with Crippen molar-refractivity contribution in [3.8, 4) is 0 Å². The molecule has 74 valence electrons. The summed E-state index contributed by atoms with van der Waals surface area (Å²) in [7, 11) is 0. The molecular formula is C13H22. The molecule has 0 heterocycles. The highest BCUT2D eigenvalue weighted by Crippen LogP contribution is 2.11. The Kier molecular flexibility index (Phi) is 10.1. The Labute approximate surface area is 83.3 Å². The Balaban J connectivity index is 0. The van der Waals surface area contributed by atoms with Crippen LogP contribution in [0.5, 0.6) is 0 Å². The van der Waals surface area contributed by atoms with E-state index in [0.29, 0.717) is 0 Å². The van der Waals surface area contributed by atoms with Crippen LogP contribution in [0, 0.1) is 0 Å². The summed E-state index contributed by atoms with van der Waals surface area (Å²) in [4.78, 5) is 0. The van der Waals surface area contributed by atoms with Gasteiger partial charge in [-0.05, 0) is 25.0 Å². The fourth-order valence-corrected chi connectivity index (χ4v) is 0.868. The summed E-state index contributed by atoms with van der Waals surface area (Å²) in [5.74, 6) is 0. The lowest BCUT2D eigenvalue weighted by Crippen LogP contribution is -1.75. The molecule has 0 bridgehead atoms. The fraction of sp³-hybridized carbons (Fsp3) is 0.385. The molecule has 0 radical (unpaired) electrons. The van der Waals surface area contributed by atoms with Gasteiger partial charge in [0.2, 0.25) is 0 Å². The van der Waals surface area contributed by atoms with E-state index in [1.165, 1.54) is 11.1 Å². The van der Waals surface area contributed by atoms with Gasteiger partial charge in [0.1, 0.15) is 0 Å². The highest BCUT2D eigenvalue weighted by atomic mass is 13.9. The Morgan fingerprint density at radius 2 is 1.54 bits per heavy atom. The first-order valence-electron chi connectivity index (χ1n) is 4.53. The summed E-state index contributed by atoms with van der Waals surface area (Å²) in [5.41, 5.74) is 2.64. The lowest BCUT2D eigenvalue weighted by molar-refractivity contribution is 1.50. The zero-order valence-electron chi connectivity index (χ0n) is 8.46. The van der Waals surface area contributed by atoms with Crippen molar-refractivity contribution in [1.29, 1.82) is 0 Å². The Hall–Kier alpha value is -1.04. The Bertz CT molecular complexity index is 219. The van der Waals surface area contributed by atoms with Gasteiger partial charge in [-0.15, -0.1) is 0 Å². The second-order valence-corrected chi connectivity index (χ2v) is 2.34. The molecule has 13 heavy (non-hydrogen) atoms. The molecule has 0 unspecified atom stereocenters. The summed E-state index contributed by atoms with van der Waals surface area (Å²) in [5, 5.41) is 0. The minimum Gasteiger partial charge on any atom is -0.0841 e. The van der Waals surface area contributed by atoms with Crippen molar-refractivity contribution in [2.75, 3.05) is 0 Å². The predicted octanol–water partition coefficient (Wildman–Crippen LogP) is 4.77. The number of hydrogen-bond acceptors (Lipinski definition) is 0. The molecule has 0 amide bonds. The van der Waals surface area contributed by atoms with E-state index in [2.05, 4.69) is 44.2 Å². The SMILES string of the molecule is C.CC.CC=C(C)c1ccccc1. The largest absolute Gasteiger partial charge is 0.0841 e. The monoisotopic (exact) mass is 178 g/mol. The molecule has 1 rings (SSSR count). The zero-order valence-corrected chi connectivity index (χ0v) is 8.46. The molecule has 0 N–H and O–H groups in total. The first kappa shape index (κ1) is 14.5. The van der Waals surface area contributed by atoms with E-state index in [-0.39, 0.29) is 7.43 Å². The van der Waals surface area contributed by atoms with Crippen molar-refractivity contribution in [2.24, 2.45) is 0 Å². The first-order chi connectivity index (χ1) is 5.84. The standard InChI is InChI=1S/C10H12.C2H6.CH4/c1-3-9(2)10-7-5-4-6-8-10;1-2;/h3-8H,1-2H3;1-2H3;1H4. The van der Waals surface area contributed by atoms with Crippen LogP contribution in [0.25, 0.3) is 5.57 Å². The molecule has 0 aliphatic rings.